The Morgan fingerprint density at radius 1 is 1.21 bits per heavy atom. The van der Waals surface area contributed by atoms with E-state index < -0.39 is 30.4 Å². The molecule has 0 aliphatic carbocycles. The molecule has 0 saturated carbocycles. The Kier molecular flexibility index (Phi) is 6.68. The highest BCUT2D eigenvalue weighted by molar-refractivity contribution is 5.93. The van der Waals surface area contributed by atoms with E-state index in [1.807, 2.05) is 0 Å². The average molecular weight is 480 g/mol. The van der Waals surface area contributed by atoms with Crippen LogP contribution in [0.25, 0.3) is 10.9 Å². The number of hydrogen-bond acceptors (Lipinski definition) is 7. The minimum atomic E-state index is -2.93. The van der Waals surface area contributed by atoms with Gasteiger partial charge in [-0.25, -0.2) is 23.5 Å². The van der Waals surface area contributed by atoms with Gasteiger partial charge in [0.05, 0.1) is 31.0 Å². The maximum atomic E-state index is 14.5. The molecule has 2 heterocycles. The van der Waals surface area contributed by atoms with Gasteiger partial charge in [-0.15, -0.1) is 0 Å². The molecule has 34 heavy (non-hydrogen) atoms. The molecule has 4 rings (SSSR count). The fraction of sp³-hybridized carbons (Fsp3) is 0.318. The van der Waals surface area contributed by atoms with Gasteiger partial charge >= 0.3 is 12.7 Å². The van der Waals surface area contributed by atoms with Gasteiger partial charge in [-0.3, -0.25) is 0 Å². The van der Waals surface area contributed by atoms with Crippen LogP contribution < -0.4 is 14.8 Å². The number of likely N-dealkylation sites (tertiary alicyclic amines) is 1. The van der Waals surface area contributed by atoms with Crippen LogP contribution in [0.3, 0.4) is 0 Å². The number of hydrogen-bond donors (Lipinski definition) is 1. The molecule has 2 aromatic carbocycles. The smallest absolute Gasteiger partial charge is 0.415 e. The Hall–Kier alpha value is -3.67. The lowest BCUT2D eigenvalue weighted by atomic mass is 10.1. The van der Waals surface area contributed by atoms with Crippen molar-refractivity contribution in [2.75, 3.05) is 25.5 Å². The van der Waals surface area contributed by atoms with Crippen LogP contribution in [0, 0.1) is 18.6 Å². The molecular weight excluding hydrogens is 460 g/mol. The molecule has 1 amide bonds. The topological polar surface area (TPSA) is 85.8 Å². The summed E-state index contributed by atoms with van der Waals surface area (Å²) in [5.41, 5.74) is 0.245. The standard InChI is InChI=1S/C22H20F4N4O4/c1-11-14(23)3-4-15(19(11)24)29-20-13-7-18(17(32-2)8-16(13)27-10-28-20)34-22(31)30-6-5-12(9-30)33-21(25)26/h3-4,7-8,10,12,21H,5-6,9H2,1-2H3,(H,27,28,29)/t12-/m1/s1. The monoisotopic (exact) mass is 480 g/mol. The van der Waals surface area contributed by atoms with Crippen molar-refractivity contribution >= 4 is 28.5 Å². The summed E-state index contributed by atoms with van der Waals surface area (Å²) in [5.74, 6) is -1.07. The maximum Gasteiger partial charge on any atom is 0.415 e. The number of carbonyl (C=O) groups is 1. The zero-order valence-corrected chi connectivity index (χ0v) is 18.1. The number of fused-ring (bicyclic) bond motifs is 1. The molecule has 1 fully saturated rings. The highest BCUT2D eigenvalue weighted by atomic mass is 19.3. The summed E-state index contributed by atoms with van der Waals surface area (Å²) in [4.78, 5) is 22.1. The molecule has 0 bridgehead atoms. The van der Waals surface area contributed by atoms with Crippen LogP contribution >= 0.6 is 0 Å². The molecule has 1 aliphatic heterocycles. The Morgan fingerprint density at radius 3 is 2.74 bits per heavy atom. The lowest BCUT2D eigenvalue weighted by molar-refractivity contribution is -0.158. The second-order valence-corrected chi connectivity index (χ2v) is 7.52. The van der Waals surface area contributed by atoms with Crippen LogP contribution in [0.5, 0.6) is 11.5 Å². The van der Waals surface area contributed by atoms with Crippen molar-refractivity contribution in [3.63, 3.8) is 0 Å². The number of rotatable bonds is 6. The second-order valence-electron chi connectivity index (χ2n) is 7.52. The number of halogens is 4. The minimum absolute atomic E-state index is 0.00426. The van der Waals surface area contributed by atoms with Gasteiger partial charge in [0.1, 0.15) is 18.0 Å². The predicted octanol–water partition coefficient (Wildman–Crippen LogP) is 4.78. The van der Waals surface area contributed by atoms with E-state index in [4.69, 9.17) is 9.47 Å². The largest absolute Gasteiger partial charge is 0.493 e. The normalized spacial score (nSPS) is 15.7. The summed E-state index contributed by atoms with van der Waals surface area (Å²) in [6, 6.07) is 5.30. The molecule has 1 atom stereocenters. The van der Waals surface area contributed by atoms with Crippen molar-refractivity contribution in [1.29, 1.82) is 0 Å². The Morgan fingerprint density at radius 2 is 2.00 bits per heavy atom. The molecule has 8 nitrogen and oxygen atoms in total. The molecule has 180 valence electrons. The van der Waals surface area contributed by atoms with Crippen molar-refractivity contribution in [1.82, 2.24) is 14.9 Å². The van der Waals surface area contributed by atoms with Gasteiger partial charge in [0.25, 0.3) is 0 Å². The van der Waals surface area contributed by atoms with Crippen LogP contribution in [0.4, 0.5) is 33.9 Å². The van der Waals surface area contributed by atoms with Crippen LogP contribution in [-0.4, -0.2) is 53.9 Å². The number of aromatic nitrogens is 2. The van der Waals surface area contributed by atoms with Crippen molar-refractivity contribution in [2.45, 2.75) is 26.1 Å². The summed E-state index contributed by atoms with van der Waals surface area (Å²) in [7, 11) is 1.37. The van der Waals surface area contributed by atoms with Crippen molar-refractivity contribution in [3.05, 3.63) is 47.8 Å². The first-order valence-corrected chi connectivity index (χ1v) is 10.2. The third kappa shape index (κ3) is 4.81. The third-order valence-electron chi connectivity index (χ3n) is 5.39. The van der Waals surface area contributed by atoms with E-state index in [0.29, 0.717) is 10.9 Å². The van der Waals surface area contributed by atoms with Crippen LogP contribution in [-0.2, 0) is 4.74 Å². The second kappa shape index (κ2) is 9.67. The minimum Gasteiger partial charge on any atom is -0.493 e. The predicted molar refractivity (Wildman–Crippen MR) is 114 cm³/mol. The summed E-state index contributed by atoms with van der Waals surface area (Å²) in [6.45, 7) is -1.48. The van der Waals surface area contributed by atoms with Gasteiger partial charge in [-0.1, -0.05) is 0 Å². The van der Waals surface area contributed by atoms with Crippen molar-refractivity contribution in [3.8, 4) is 11.5 Å². The van der Waals surface area contributed by atoms with E-state index in [1.165, 1.54) is 43.5 Å². The summed E-state index contributed by atoms with van der Waals surface area (Å²) in [6.07, 6.45) is -0.0649. The van der Waals surface area contributed by atoms with Gasteiger partial charge in [-0.2, -0.15) is 8.78 Å². The molecular formula is C22H20F4N4O4. The van der Waals surface area contributed by atoms with Gasteiger partial charge < -0.3 is 24.4 Å². The zero-order valence-electron chi connectivity index (χ0n) is 18.1. The van der Waals surface area contributed by atoms with Crippen LogP contribution in [0.15, 0.2) is 30.6 Å². The number of amides is 1. The molecule has 3 aromatic rings. The first-order valence-electron chi connectivity index (χ1n) is 10.2. The van der Waals surface area contributed by atoms with E-state index in [2.05, 4.69) is 20.0 Å². The van der Waals surface area contributed by atoms with Crippen LogP contribution in [0.1, 0.15) is 12.0 Å². The van der Waals surface area contributed by atoms with E-state index in [1.54, 1.807) is 0 Å². The number of benzene rings is 2. The molecule has 1 aromatic heterocycles. The number of anilines is 2. The first kappa shape index (κ1) is 23.5. The van der Waals surface area contributed by atoms with Gasteiger partial charge in [-0.05, 0) is 31.5 Å². The fourth-order valence-electron chi connectivity index (χ4n) is 3.60. The summed E-state index contributed by atoms with van der Waals surface area (Å²) >= 11 is 0. The number of nitrogens with one attached hydrogen (secondary N) is 1. The summed E-state index contributed by atoms with van der Waals surface area (Å²) < 4.78 is 68.2. The first-order chi connectivity index (χ1) is 16.3. The van der Waals surface area contributed by atoms with E-state index >= 15 is 0 Å². The van der Waals surface area contributed by atoms with Gasteiger partial charge in [0.15, 0.2) is 17.3 Å². The van der Waals surface area contributed by atoms with Gasteiger partial charge in [0, 0.05) is 23.6 Å². The fourth-order valence-corrected chi connectivity index (χ4v) is 3.60. The molecule has 0 spiro atoms. The number of nitrogens with zero attached hydrogens (tertiary/aromatic N) is 3. The number of methoxy groups -OCH3 is 1. The Labute approximate surface area is 191 Å². The van der Waals surface area contributed by atoms with E-state index in [-0.39, 0.29) is 48.1 Å². The Balaban J connectivity index is 1.62. The number of ether oxygens (including phenoxy) is 3. The molecule has 1 saturated heterocycles. The van der Waals surface area contributed by atoms with Crippen molar-refractivity contribution in [2.24, 2.45) is 0 Å². The lowest BCUT2D eigenvalue weighted by Gasteiger charge is -2.18. The summed E-state index contributed by atoms with van der Waals surface area (Å²) in [5, 5.41) is 3.18. The lowest BCUT2D eigenvalue weighted by Crippen LogP contribution is -2.33. The van der Waals surface area contributed by atoms with E-state index in [9.17, 15) is 22.4 Å². The SMILES string of the molecule is COc1cc2ncnc(Nc3ccc(F)c(C)c3F)c2cc1OC(=O)N1CC[C@@H](OC(F)F)C1. The Bertz CT molecular complexity index is 1230. The molecule has 1 aliphatic rings. The molecule has 1 N–H and O–H groups in total. The zero-order chi connectivity index (χ0) is 24.4. The van der Waals surface area contributed by atoms with Gasteiger partial charge in [0.2, 0.25) is 0 Å². The number of alkyl halides is 2. The molecule has 0 radical (unpaired) electrons. The number of carbonyl (C=O) groups excluding carboxylic acids is 1. The molecule has 0 unspecified atom stereocenters. The maximum absolute atomic E-state index is 14.5. The molecule has 12 heteroatoms. The quantitative estimate of drug-likeness (QED) is 0.508. The van der Waals surface area contributed by atoms with Crippen molar-refractivity contribution < 1.29 is 36.6 Å². The average Bonchev–Trinajstić information content (AvgIpc) is 3.27. The van der Waals surface area contributed by atoms with Crippen LogP contribution in [0.2, 0.25) is 0 Å². The highest BCUT2D eigenvalue weighted by Crippen LogP contribution is 2.36. The highest BCUT2D eigenvalue weighted by Gasteiger charge is 2.30. The third-order valence-corrected chi connectivity index (χ3v) is 5.39. The van der Waals surface area contributed by atoms with E-state index in [0.717, 1.165) is 6.07 Å².